The average Bonchev–Trinajstić information content (AvgIpc) is 2.51. The fourth-order valence-electron chi connectivity index (χ4n) is 1.81. The summed E-state index contributed by atoms with van der Waals surface area (Å²) in [6, 6.07) is 6.55. The number of benzene rings is 1. The molecule has 0 aliphatic carbocycles. The number of nitriles is 1. The molecule has 0 aliphatic rings. The zero-order chi connectivity index (χ0) is 16.5. The molecule has 0 saturated carbocycles. The molecule has 0 radical (unpaired) electrons. The van der Waals surface area contributed by atoms with E-state index in [4.69, 9.17) is 19.8 Å². The van der Waals surface area contributed by atoms with Crippen molar-refractivity contribution >= 4 is 11.9 Å². The van der Waals surface area contributed by atoms with E-state index in [0.29, 0.717) is 30.0 Å². The van der Waals surface area contributed by atoms with Crippen LogP contribution in [0.1, 0.15) is 18.9 Å². The number of methoxy groups -OCH3 is 1. The van der Waals surface area contributed by atoms with Gasteiger partial charge in [-0.2, -0.15) is 5.26 Å². The largest absolute Gasteiger partial charge is 0.493 e. The zero-order valence-electron chi connectivity index (χ0n) is 12.5. The van der Waals surface area contributed by atoms with E-state index in [-0.39, 0.29) is 13.2 Å². The number of carboxylic acid groups (broad SMARTS) is 1. The summed E-state index contributed by atoms with van der Waals surface area (Å²) in [5, 5.41) is 17.6. The Morgan fingerprint density at radius 1 is 1.36 bits per heavy atom. The Kier molecular flexibility index (Phi) is 6.70. The Bertz CT molecular complexity index is 580. The molecule has 0 aromatic heterocycles. The third kappa shape index (κ3) is 4.98. The summed E-state index contributed by atoms with van der Waals surface area (Å²) in [5.74, 6) is -0.831. The fourth-order valence-corrected chi connectivity index (χ4v) is 1.81. The SMILES string of the molecule is CCCN(CC(=O)O)C(=O)COc1ccc(C#N)cc1OC. The van der Waals surface area contributed by atoms with Gasteiger partial charge in [-0.3, -0.25) is 9.59 Å². The van der Waals surface area contributed by atoms with Gasteiger partial charge in [0.2, 0.25) is 0 Å². The Labute approximate surface area is 128 Å². The van der Waals surface area contributed by atoms with Crippen LogP contribution in [0.4, 0.5) is 0 Å². The topological polar surface area (TPSA) is 99.9 Å². The molecule has 0 bridgehead atoms. The lowest BCUT2D eigenvalue weighted by Crippen LogP contribution is -2.39. The molecule has 22 heavy (non-hydrogen) atoms. The molecule has 0 spiro atoms. The van der Waals surface area contributed by atoms with Crippen LogP contribution in [0.15, 0.2) is 18.2 Å². The van der Waals surface area contributed by atoms with Crippen LogP contribution in [-0.2, 0) is 9.59 Å². The number of rotatable bonds is 8. The lowest BCUT2D eigenvalue weighted by Gasteiger charge is -2.20. The predicted octanol–water partition coefficient (Wildman–Crippen LogP) is 1.27. The first-order valence-corrected chi connectivity index (χ1v) is 6.72. The van der Waals surface area contributed by atoms with Crippen LogP contribution in [0.25, 0.3) is 0 Å². The van der Waals surface area contributed by atoms with Gasteiger partial charge < -0.3 is 19.5 Å². The Hall–Kier alpha value is -2.75. The molecule has 0 atom stereocenters. The highest BCUT2D eigenvalue weighted by molar-refractivity contribution is 5.82. The number of amides is 1. The van der Waals surface area contributed by atoms with E-state index >= 15 is 0 Å². The molecule has 1 N–H and O–H groups in total. The van der Waals surface area contributed by atoms with Gasteiger partial charge >= 0.3 is 5.97 Å². The highest BCUT2D eigenvalue weighted by Gasteiger charge is 2.17. The molecule has 0 fully saturated rings. The van der Waals surface area contributed by atoms with E-state index in [1.54, 1.807) is 6.07 Å². The third-order valence-electron chi connectivity index (χ3n) is 2.82. The van der Waals surface area contributed by atoms with Gasteiger partial charge in [0.15, 0.2) is 18.1 Å². The fraction of sp³-hybridized carbons (Fsp3) is 0.400. The number of aliphatic carboxylic acids is 1. The molecule has 7 heteroatoms. The molecule has 0 unspecified atom stereocenters. The Balaban J connectivity index is 2.73. The van der Waals surface area contributed by atoms with Crippen molar-refractivity contribution in [1.82, 2.24) is 4.90 Å². The molecule has 1 amide bonds. The summed E-state index contributed by atoms with van der Waals surface area (Å²) in [6.07, 6.45) is 0.652. The highest BCUT2D eigenvalue weighted by atomic mass is 16.5. The number of hydrogen-bond acceptors (Lipinski definition) is 5. The van der Waals surface area contributed by atoms with Crippen LogP contribution in [0.3, 0.4) is 0 Å². The van der Waals surface area contributed by atoms with Crippen LogP contribution < -0.4 is 9.47 Å². The molecule has 1 aromatic rings. The summed E-state index contributed by atoms with van der Waals surface area (Å²) in [7, 11) is 1.43. The second-order valence-electron chi connectivity index (χ2n) is 4.48. The molecular weight excluding hydrogens is 288 g/mol. The van der Waals surface area contributed by atoms with Crippen molar-refractivity contribution in [3.63, 3.8) is 0 Å². The van der Waals surface area contributed by atoms with E-state index in [2.05, 4.69) is 0 Å². The minimum Gasteiger partial charge on any atom is -0.493 e. The van der Waals surface area contributed by atoms with Gasteiger partial charge in [-0.05, 0) is 18.6 Å². The quantitative estimate of drug-likeness (QED) is 0.776. The van der Waals surface area contributed by atoms with Crippen LogP contribution >= 0.6 is 0 Å². The monoisotopic (exact) mass is 306 g/mol. The van der Waals surface area contributed by atoms with Gasteiger partial charge in [-0.1, -0.05) is 6.92 Å². The van der Waals surface area contributed by atoms with Crippen molar-refractivity contribution in [2.24, 2.45) is 0 Å². The molecule has 0 heterocycles. The Morgan fingerprint density at radius 2 is 2.09 bits per heavy atom. The number of hydrogen-bond donors (Lipinski definition) is 1. The second kappa shape index (κ2) is 8.52. The average molecular weight is 306 g/mol. The van der Waals surface area contributed by atoms with Gasteiger partial charge in [0.1, 0.15) is 6.54 Å². The van der Waals surface area contributed by atoms with E-state index in [1.165, 1.54) is 24.1 Å². The summed E-state index contributed by atoms with van der Waals surface area (Å²) in [5.41, 5.74) is 0.411. The Morgan fingerprint density at radius 3 is 2.64 bits per heavy atom. The maximum absolute atomic E-state index is 12.0. The smallest absolute Gasteiger partial charge is 0.323 e. The highest BCUT2D eigenvalue weighted by Crippen LogP contribution is 2.27. The van der Waals surface area contributed by atoms with Crippen molar-refractivity contribution in [1.29, 1.82) is 5.26 Å². The molecule has 1 aromatic carbocycles. The van der Waals surface area contributed by atoms with Gasteiger partial charge in [0, 0.05) is 12.6 Å². The van der Waals surface area contributed by atoms with Gasteiger partial charge in [-0.15, -0.1) is 0 Å². The minimum atomic E-state index is -1.07. The minimum absolute atomic E-state index is 0.296. The first kappa shape index (κ1) is 17.3. The number of nitrogens with zero attached hydrogens (tertiary/aromatic N) is 2. The number of carbonyl (C=O) groups is 2. The number of ether oxygens (including phenoxy) is 2. The predicted molar refractivity (Wildman–Crippen MR) is 77.7 cm³/mol. The maximum atomic E-state index is 12.0. The molecule has 118 valence electrons. The number of carbonyl (C=O) groups excluding carboxylic acids is 1. The molecule has 7 nitrogen and oxygen atoms in total. The van der Waals surface area contributed by atoms with Crippen LogP contribution in [0, 0.1) is 11.3 Å². The van der Waals surface area contributed by atoms with E-state index in [1.807, 2.05) is 13.0 Å². The summed E-state index contributed by atoms with van der Waals surface area (Å²) in [4.78, 5) is 24.0. The second-order valence-corrected chi connectivity index (χ2v) is 4.48. The third-order valence-corrected chi connectivity index (χ3v) is 2.82. The summed E-state index contributed by atoms with van der Waals surface area (Å²) >= 11 is 0. The van der Waals surface area contributed by atoms with Crippen LogP contribution in [0.5, 0.6) is 11.5 Å². The van der Waals surface area contributed by atoms with Crippen molar-refractivity contribution in [3.8, 4) is 17.6 Å². The maximum Gasteiger partial charge on any atom is 0.323 e. The normalized spacial score (nSPS) is 9.68. The van der Waals surface area contributed by atoms with Gasteiger partial charge in [0.25, 0.3) is 5.91 Å². The van der Waals surface area contributed by atoms with E-state index in [0.717, 1.165) is 0 Å². The summed E-state index contributed by atoms with van der Waals surface area (Å²) in [6.45, 7) is 1.54. The van der Waals surface area contributed by atoms with Gasteiger partial charge in [-0.25, -0.2) is 0 Å². The first-order valence-electron chi connectivity index (χ1n) is 6.72. The zero-order valence-corrected chi connectivity index (χ0v) is 12.5. The van der Waals surface area contributed by atoms with E-state index < -0.39 is 11.9 Å². The lowest BCUT2D eigenvalue weighted by molar-refractivity contribution is -0.145. The van der Waals surface area contributed by atoms with Crippen LogP contribution in [0.2, 0.25) is 0 Å². The summed E-state index contributed by atoms with van der Waals surface area (Å²) < 4.78 is 10.5. The van der Waals surface area contributed by atoms with Gasteiger partial charge in [0.05, 0.1) is 18.7 Å². The van der Waals surface area contributed by atoms with E-state index in [9.17, 15) is 9.59 Å². The molecule has 0 saturated heterocycles. The number of carboxylic acids is 1. The lowest BCUT2D eigenvalue weighted by atomic mass is 10.2. The van der Waals surface area contributed by atoms with Crippen molar-refractivity contribution < 1.29 is 24.2 Å². The molecular formula is C15H18N2O5. The van der Waals surface area contributed by atoms with Crippen LogP contribution in [-0.4, -0.2) is 48.7 Å². The standard InChI is InChI=1S/C15H18N2O5/c1-3-6-17(9-15(19)20)14(18)10-22-12-5-4-11(8-16)7-13(12)21-2/h4-5,7H,3,6,9-10H2,1-2H3,(H,19,20). The molecule has 0 aliphatic heterocycles. The van der Waals surface area contributed by atoms with Crippen molar-refractivity contribution in [3.05, 3.63) is 23.8 Å². The van der Waals surface area contributed by atoms with Crippen molar-refractivity contribution in [2.45, 2.75) is 13.3 Å². The van der Waals surface area contributed by atoms with Crippen molar-refractivity contribution in [2.75, 3.05) is 26.8 Å². The molecule has 1 rings (SSSR count). The first-order chi connectivity index (χ1) is 10.5.